The highest BCUT2D eigenvalue weighted by Gasteiger charge is 2.16. The number of likely N-dealkylation sites (tertiary alicyclic amines) is 1. The van der Waals surface area contributed by atoms with Crippen molar-refractivity contribution < 1.29 is 0 Å². The molecular formula is C19H20N2OS. The lowest BCUT2D eigenvalue weighted by Gasteiger charge is -2.26. The number of H-pyrrole nitrogens is 1. The summed E-state index contributed by atoms with van der Waals surface area (Å²) in [6, 6.07) is 14.8. The first-order valence-electron chi connectivity index (χ1n) is 8.23. The molecule has 2 aromatic carbocycles. The Balaban J connectivity index is 1.70. The Morgan fingerprint density at radius 3 is 2.61 bits per heavy atom. The van der Waals surface area contributed by atoms with Crippen molar-refractivity contribution in [3.8, 4) is 11.3 Å². The molecule has 0 aliphatic carbocycles. The predicted molar refractivity (Wildman–Crippen MR) is 97.0 cm³/mol. The summed E-state index contributed by atoms with van der Waals surface area (Å²) in [5.41, 5.74) is 2.10. The molecule has 2 heterocycles. The zero-order valence-corrected chi connectivity index (χ0v) is 13.9. The Hall–Kier alpha value is -1.91. The van der Waals surface area contributed by atoms with Crippen LogP contribution in [-0.4, -0.2) is 23.0 Å². The van der Waals surface area contributed by atoms with Crippen LogP contribution in [-0.2, 0) is 6.54 Å². The van der Waals surface area contributed by atoms with Crippen LogP contribution in [0, 0.1) is 0 Å². The lowest BCUT2D eigenvalue weighted by molar-refractivity contribution is 0.223. The average Bonchev–Trinajstić information content (AvgIpc) is 2.96. The van der Waals surface area contributed by atoms with Gasteiger partial charge in [0.25, 0.3) is 0 Å². The molecular weight excluding hydrogens is 304 g/mol. The third-order valence-corrected chi connectivity index (χ3v) is 5.44. The van der Waals surface area contributed by atoms with Gasteiger partial charge >= 0.3 is 4.87 Å². The van der Waals surface area contributed by atoms with E-state index in [4.69, 9.17) is 0 Å². The number of rotatable bonds is 3. The van der Waals surface area contributed by atoms with E-state index in [1.165, 1.54) is 41.4 Å². The molecule has 1 fully saturated rings. The predicted octanol–water partition coefficient (Wildman–Crippen LogP) is 4.24. The van der Waals surface area contributed by atoms with Gasteiger partial charge in [0, 0.05) is 11.4 Å². The maximum absolute atomic E-state index is 11.9. The van der Waals surface area contributed by atoms with Crippen molar-refractivity contribution in [2.24, 2.45) is 0 Å². The Kier molecular flexibility index (Phi) is 4.02. The van der Waals surface area contributed by atoms with Crippen molar-refractivity contribution >= 4 is 22.1 Å². The summed E-state index contributed by atoms with van der Waals surface area (Å²) >= 11 is 1.36. The monoisotopic (exact) mass is 324 g/mol. The second-order valence-corrected chi connectivity index (χ2v) is 7.28. The van der Waals surface area contributed by atoms with Gasteiger partial charge in [-0.25, -0.2) is 0 Å². The van der Waals surface area contributed by atoms with Gasteiger partial charge in [0.1, 0.15) is 0 Å². The molecule has 4 rings (SSSR count). The molecule has 0 bridgehead atoms. The molecule has 0 unspecified atom stereocenters. The smallest absolute Gasteiger partial charge is 0.305 e. The first kappa shape index (κ1) is 14.7. The minimum absolute atomic E-state index is 0.0418. The normalized spacial score (nSPS) is 16.0. The van der Waals surface area contributed by atoms with Crippen molar-refractivity contribution in [2.45, 2.75) is 25.8 Å². The van der Waals surface area contributed by atoms with E-state index in [1.54, 1.807) is 0 Å². The van der Waals surface area contributed by atoms with Crippen molar-refractivity contribution in [1.29, 1.82) is 0 Å². The summed E-state index contributed by atoms with van der Waals surface area (Å²) in [5, 5.41) is 2.44. The lowest BCUT2D eigenvalue weighted by Crippen LogP contribution is -2.28. The molecule has 0 atom stereocenters. The molecule has 4 heteroatoms. The van der Waals surface area contributed by atoms with Crippen LogP contribution < -0.4 is 4.87 Å². The second-order valence-electron chi connectivity index (χ2n) is 6.21. The van der Waals surface area contributed by atoms with Crippen LogP contribution in [0.4, 0.5) is 0 Å². The maximum atomic E-state index is 11.9. The summed E-state index contributed by atoms with van der Waals surface area (Å²) in [6.07, 6.45) is 3.87. The van der Waals surface area contributed by atoms with Gasteiger partial charge in [0.2, 0.25) is 0 Å². The summed E-state index contributed by atoms with van der Waals surface area (Å²) in [7, 11) is 0. The maximum Gasteiger partial charge on any atom is 0.305 e. The Morgan fingerprint density at radius 1 is 1.00 bits per heavy atom. The molecule has 3 nitrogen and oxygen atoms in total. The number of nitrogens with zero attached hydrogens (tertiary/aromatic N) is 1. The van der Waals surface area contributed by atoms with Crippen molar-refractivity contribution in [3.63, 3.8) is 0 Å². The number of aromatic nitrogens is 1. The number of hydrogen-bond donors (Lipinski definition) is 1. The summed E-state index contributed by atoms with van der Waals surface area (Å²) in [6.45, 7) is 3.16. The molecule has 3 aromatic rings. The van der Waals surface area contributed by atoms with E-state index >= 15 is 0 Å². The minimum atomic E-state index is 0.0418. The van der Waals surface area contributed by atoms with Gasteiger partial charge in [-0.05, 0) is 48.3 Å². The molecule has 0 radical (unpaired) electrons. The number of benzene rings is 2. The molecule has 0 spiro atoms. The molecule has 0 saturated carbocycles. The molecule has 23 heavy (non-hydrogen) atoms. The van der Waals surface area contributed by atoms with Gasteiger partial charge in [-0.15, -0.1) is 0 Å². The lowest BCUT2D eigenvalue weighted by atomic mass is 10.0. The van der Waals surface area contributed by atoms with Gasteiger partial charge in [-0.2, -0.15) is 0 Å². The average molecular weight is 324 g/mol. The number of thiazole rings is 1. The van der Waals surface area contributed by atoms with Crippen molar-refractivity contribution in [3.05, 3.63) is 57.0 Å². The quantitative estimate of drug-likeness (QED) is 0.782. The topological polar surface area (TPSA) is 36.1 Å². The number of piperidine rings is 1. The summed E-state index contributed by atoms with van der Waals surface area (Å²) < 4.78 is 0. The fraction of sp³-hybridized carbons (Fsp3) is 0.316. The Bertz CT molecular complexity index is 874. The van der Waals surface area contributed by atoms with Crippen LogP contribution in [0.15, 0.2) is 47.3 Å². The van der Waals surface area contributed by atoms with Crippen LogP contribution >= 0.6 is 11.3 Å². The van der Waals surface area contributed by atoms with Crippen molar-refractivity contribution in [2.75, 3.05) is 13.1 Å². The highest BCUT2D eigenvalue weighted by Crippen LogP contribution is 2.28. The third-order valence-electron chi connectivity index (χ3n) is 4.58. The number of aromatic amines is 1. The molecule has 1 aromatic heterocycles. The van der Waals surface area contributed by atoms with E-state index in [-0.39, 0.29) is 4.87 Å². The SMILES string of the molecule is O=c1[nH]c(-c2ccc3ccccc3c2)c(CN2CCCCC2)s1. The highest BCUT2D eigenvalue weighted by molar-refractivity contribution is 7.09. The molecule has 1 aliphatic rings. The first-order chi connectivity index (χ1) is 11.3. The van der Waals surface area contributed by atoms with E-state index in [2.05, 4.69) is 52.3 Å². The van der Waals surface area contributed by atoms with Gasteiger partial charge in [-0.3, -0.25) is 9.69 Å². The number of nitrogens with one attached hydrogen (secondary N) is 1. The van der Waals surface area contributed by atoms with Crippen LogP contribution in [0.1, 0.15) is 24.1 Å². The fourth-order valence-electron chi connectivity index (χ4n) is 3.37. The number of fused-ring (bicyclic) bond motifs is 1. The van der Waals surface area contributed by atoms with E-state index in [0.717, 1.165) is 35.8 Å². The second kappa shape index (κ2) is 6.30. The molecule has 0 amide bonds. The van der Waals surface area contributed by atoms with Crippen LogP contribution in [0.3, 0.4) is 0 Å². The van der Waals surface area contributed by atoms with E-state index in [1.807, 2.05) is 0 Å². The molecule has 1 saturated heterocycles. The van der Waals surface area contributed by atoms with Crippen LogP contribution in [0.25, 0.3) is 22.0 Å². The highest BCUT2D eigenvalue weighted by atomic mass is 32.1. The van der Waals surface area contributed by atoms with Crippen LogP contribution in [0.2, 0.25) is 0 Å². The fourth-order valence-corrected chi connectivity index (χ4v) is 4.27. The van der Waals surface area contributed by atoms with Gasteiger partial charge in [-0.1, -0.05) is 54.2 Å². The van der Waals surface area contributed by atoms with Gasteiger partial charge in [0.05, 0.1) is 5.69 Å². The van der Waals surface area contributed by atoms with Crippen molar-refractivity contribution in [1.82, 2.24) is 9.88 Å². The Labute approximate surface area is 139 Å². The Morgan fingerprint density at radius 2 is 1.78 bits per heavy atom. The third kappa shape index (κ3) is 3.09. The first-order valence-corrected chi connectivity index (χ1v) is 9.05. The van der Waals surface area contributed by atoms with Crippen LogP contribution in [0.5, 0.6) is 0 Å². The zero-order chi connectivity index (χ0) is 15.6. The van der Waals surface area contributed by atoms with Gasteiger partial charge < -0.3 is 4.98 Å². The van der Waals surface area contributed by atoms with E-state index < -0.39 is 0 Å². The van der Waals surface area contributed by atoms with E-state index in [0.29, 0.717) is 0 Å². The number of hydrogen-bond acceptors (Lipinski definition) is 3. The molecule has 118 valence electrons. The minimum Gasteiger partial charge on any atom is -0.312 e. The summed E-state index contributed by atoms with van der Waals surface area (Å²) in [5.74, 6) is 0. The van der Waals surface area contributed by atoms with E-state index in [9.17, 15) is 4.79 Å². The molecule has 1 aliphatic heterocycles. The molecule has 1 N–H and O–H groups in total. The summed E-state index contributed by atoms with van der Waals surface area (Å²) in [4.78, 5) is 18.7. The standard InChI is InChI=1S/C19H20N2OS/c22-19-20-18(17(23-19)13-21-10-4-1-5-11-21)16-9-8-14-6-2-3-7-15(14)12-16/h2-3,6-9,12H,1,4-5,10-11,13H2,(H,20,22). The zero-order valence-electron chi connectivity index (χ0n) is 13.0. The largest absolute Gasteiger partial charge is 0.312 e. The van der Waals surface area contributed by atoms with Gasteiger partial charge in [0.15, 0.2) is 0 Å².